The average molecular weight is 318 g/mol. The van der Waals surface area contributed by atoms with E-state index in [9.17, 15) is 4.79 Å². The number of carbonyl (C=O) groups is 1. The summed E-state index contributed by atoms with van der Waals surface area (Å²) < 4.78 is 0. The highest BCUT2D eigenvalue weighted by atomic mass is 79.9. The van der Waals surface area contributed by atoms with Crippen molar-refractivity contribution in [2.45, 2.75) is 77.2 Å². The van der Waals surface area contributed by atoms with Crippen molar-refractivity contribution in [2.24, 2.45) is 5.92 Å². The molecule has 0 heterocycles. The molecule has 0 radical (unpaired) electrons. The smallest absolute Gasteiger partial charge is 0.220 e. The van der Waals surface area contributed by atoms with Gasteiger partial charge in [-0.2, -0.15) is 0 Å². The van der Waals surface area contributed by atoms with Crippen LogP contribution in [0.3, 0.4) is 0 Å². The first-order valence-electron chi connectivity index (χ1n) is 7.63. The minimum Gasteiger partial charge on any atom is -0.353 e. The highest BCUT2D eigenvalue weighted by Gasteiger charge is 2.25. The number of amides is 1. The zero-order chi connectivity index (χ0) is 13.2. The molecule has 1 rings (SSSR count). The standard InChI is InChI=1S/C15H28BrNO/c1-2-3-4-5-6-11-15(18)17-14-10-8-7-9-13(14)12-16/h13-14H,2-12H2,1H3,(H,17,18). The fraction of sp³-hybridized carbons (Fsp3) is 0.933. The number of hydrogen-bond acceptors (Lipinski definition) is 1. The molecule has 2 atom stereocenters. The Morgan fingerprint density at radius 2 is 1.89 bits per heavy atom. The molecule has 106 valence electrons. The monoisotopic (exact) mass is 317 g/mol. The van der Waals surface area contributed by atoms with Gasteiger partial charge in [0.25, 0.3) is 0 Å². The van der Waals surface area contributed by atoms with Crippen molar-refractivity contribution in [2.75, 3.05) is 5.33 Å². The molecule has 1 aliphatic rings. The summed E-state index contributed by atoms with van der Waals surface area (Å²) in [4.78, 5) is 11.9. The minimum absolute atomic E-state index is 0.268. The van der Waals surface area contributed by atoms with Crippen molar-refractivity contribution in [3.63, 3.8) is 0 Å². The number of rotatable bonds is 8. The third kappa shape index (κ3) is 6.21. The summed E-state index contributed by atoms with van der Waals surface area (Å²) in [6, 6.07) is 0.418. The van der Waals surface area contributed by atoms with Crippen molar-refractivity contribution in [3.05, 3.63) is 0 Å². The van der Waals surface area contributed by atoms with E-state index in [1.54, 1.807) is 0 Å². The molecule has 1 amide bonds. The maximum atomic E-state index is 11.9. The van der Waals surface area contributed by atoms with Crippen LogP contribution in [0.1, 0.15) is 71.1 Å². The molecule has 3 heteroatoms. The predicted molar refractivity (Wildman–Crippen MR) is 81.1 cm³/mol. The van der Waals surface area contributed by atoms with E-state index in [1.807, 2.05) is 0 Å². The van der Waals surface area contributed by atoms with Crippen LogP contribution in [0.25, 0.3) is 0 Å². The lowest BCUT2D eigenvalue weighted by Crippen LogP contribution is -2.42. The molecule has 1 aliphatic carbocycles. The van der Waals surface area contributed by atoms with Gasteiger partial charge in [0.05, 0.1) is 0 Å². The summed E-state index contributed by atoms with van der Waals surface area (Å²) in [5, 5.41) is 4.26. The maximum absolute atomic E-state index is 11.9. The third-order valence-electron chi connectivity index (χ3n) is 3.96. The largest absolute Gasteiger partial charge is 0.353 e. The number of unbranched alkanes of at least 4 members (excludes halogenated alkanes) is 4. The Bertz CT molecular complexity index is 233. The van der Waals surface area contributed by atoms with Crippen molar-refractivity contribution < 1.29 is 4.79 Å². The summed E-state index contributed by atoms with van der Waals surface area (Å²) in [6.07, 6.45) is 11.8. The van der Waals surface area contributed by atoms with Gasteiger partial charge in [0.2, 0.25) is 5.91 Å². The summed E-state index contributed by atoms with van der Waals surface area (Å²) >= 11 is 3.57. The van der Waals surface area contributed by atoms with Crippen LogP contribution < -0.4 is 5.32 Å². The van der Waals surface area contributed by atoms with Crippen molar-refractivity contribution in [3.8, 4) is 0 Å². The lowest BCUT2D eigenvalue weighted by molar-refractivity contribution is -0.122. The van der Waals surface area contributed by atoms with E-state index >= 15 is 0 Å². The zero-order valence-electron chi connectivity index (χ0n) is 11.7. The summed E-state index contributed by atoms with van der Waals surface area (Å²) in [5.41, 5.74) is 0. The average Bonchev–Trinajstić information content (AvgIpc) is 2.39. The summed E-state index contributed by atoms with van der Waals surface area (Å²) in [6.45, 7) is 2.22. The molecule has 1 N–H and O–H groups in total. The van der Waals surface area contributed by atoms with Crippen LogP contribution in [-0.4, -0.2) is 17.3 Å². The van der Waals surface area contributed by atoms with Gasteiger partial charge >= 0.3 is 0 Å². The van der Waals surface area contributed by atoms with Gasteiger partial charge in [-0.25, -0.2) is 0 Å². The van der Waals surface area contributed by atoms with Crippen molar-refractivity contribution in [1.29, 1.82) is 0 Å². The molecule has 1 saturated carbocycles. The Labute approximate surface area is 120 Å². The van der Waals surface area contributed by atoms with Gasteiger partial charge in [-0.3, -0.25) is 4.79 Å². The van der Waals surface area contributed by atoms with Gasteiger partial charge in [-0.05, 0) is 25.2 Å². The summed E-state index contributed by atoms with van der Waals surface area (Å²) in [7, 11) is 0. The van der Waals surface area contributed by atoms with E-state index in [0.717, 1.165) is 24.6 Å². The minimum atomic E-state index is 0.268. The van der Waals surface area contributed by atoms with Crippen LogP contribution in [0.2, 0.25) is 0 Å². The molecule has 0 spiro atoms. The van der Waals surface area contributed by atoms with E-state index in [-0.39, 0.29) is 5.91 Å². The van der Waals surface area contributed by atoms with Crippen LogP contribution in [0.4, 0.5) is 0 Å². The number of halogens is 1. The Morgan fingerprint density at radius 3 is 2.61 bits per heavy atom. The highest BCUT2D eigenvalue weighted by Crippen LogP contribution is 2.26. The Morgan fingerprint density at radius 1 is 1.17 bits per heavy atom. The number of alkyl halides is 1. The van der Waals surface area contributed by atoms with E-state index in [0.29, 0.717) is 12.0 Å². The number of nitrogens with one attached hydrogen (secondary N) is 1. The Balaban J connectivity index is 2.14. The quantitative estimate of drug-likeness (QED) is 0.521. The molecule has 0 aromatic rings. The van der Waals surface area contributed by atoms with Crippen molar-refractivity contribution in [1.82, 2.24) is 5.32 Å². The first kappa shape index (κ1) is 16.0. The third-order valence-corrected chi connectivity index (χ3v) is 4.79. The van der Waals surface area contributed by atoms with Crippen molar-refractivity contribution >= 4 is 21.8 Å². The molecular formula is C15H28BrNO. The van der Waals surface area contributed by atoms with E-state index in [4.69, 9.17) is 0 Å². The molecular weight excluding hydrogens is 290 g/mol. The SMILES string of the molecule is CCCCCCCC(=O)NC1CCCCC1CBr. The Kier molecular flexibility index (Phi) is 8.74. The fourth-order valence-electron chi connectivity index (χ4n) is 2.75. The van der Waals surface area contributed by atoms with Gasteiger partial charge in [-0.15, -0.1) is 0 Å². The van der Waals surface area contributed by atoms with Crippen LogP contribution in [-0.2, 0) is 4.79 Å². The lowest BCUT2D eigenvalue weighted by atomic mass is 9.86. The summed E-state index contributed by atoms with van der Waals surface area (Å²) in [5.74, 6) is 0.909. The molecule has 0 aromatic heterocycles. The lowest BCUT2D eigenvalue weighted by Gasteiger charge is -2.31. The molecule has 0 aromatic carbocycles. The molecule has 0 aliphatic heterocycles. The zero-order valence-corrected chi connectivity index (χ0v) is 13.3. The van der Waals surface area contributed by atoms with Gasteiger partial charge in [-0.1, -0.05) is 61.4 Å². The first-order valence-corrected chi connectivity index (χ1v) is 8.75. The number of hydrogen-bond donors (Lipinski definition) is 1. The normalized spacial score (nSPS) is 23.9. The maximum Gasteiger partial charge on any atom is 0.220 e. The van der Waals surface area contributed by atoms with Crippen LogP contribution in [0, 0.1) is 5.92 Å². The second-order valence-corrected chi connectivity index (χ2v) is 6.18. The first-order chi connectivity index (χ1) is 8.77. The molecule has 0 bridgehead atoms. The van der Waals surface area contributed by atoms with Gasteiger partial charge in [0.15, 0.2) is 0 Å². The molecule has 0 saturated heterocycles. The molecule has 2 nitrogen and oxygen atoms in total. The number of carbonyl (C=O) groups excluding carboxylic acids is 1. The van der Waals surface area contributed by atoms with E-state index in [1.165, 1.54) is 44.9 Å². The van der Waals surface area contributed by atoms with Gasteiger partial charge in [0.1, 0.15) is 0 Å². The van der Waals surface area contributed by atoms with Crippen LogP contribution in [0.5, 0.6) is 0 Å². The van der Waals surface area contributed by atoms with Gasteiger partial charge < -0.3 is 5.32 Å². The second kappa shape index (κ2) is 9.82. The highest BCUT2D eigenvalue weighted by molar-refractivity contribution is 9.09. The molecule has 2 unspecified atom stereocenters. The Hall–Kier alpha value is -0.0500. The molecule has 1 fully saturated rings. The second-order valence-electron chi connectivity index (χ2n) is 5.54. The van der Waals surface area contributed by atoms with Gasteiger partial charge in [0, 0.05) is 17.8 Å². The van der Waals surface area contributed by atoms with Crippen LogP contribution >= 0.6 is 15.9 Å². The fourth-order valence-corrected chi connectivity index (χ4v) is 3.53. The van der Waals surface area contributed by atoms with E-state index in [2.05, 4.69) is 28.2 Å². The van der Waals surface area contributed by atoms with Crippen LogP contribution in [0.15, 0.2) is 0 Å². The topological polar surface area (TPSA) is 29.1 Å². The molecule has 18 heavy (non-hydrogen) atoms. The van der Waals surface area contributed by atoms with E-state index < -0.39 is 0 Å². The predicted octanol–water partition coefficient (Wildman–Crippen LogP) is 4.42.